The molecule has 108 valence electrons. The standard InChI is InChI=1S/C18H14N2O2/c1-22-14-3-5-16-13(9-14)10-17(20-16)18(21)12-2-4-15-11(8-12)6-7-19-15/h2-10,19-20H,1H3. The fraction of sp³-hybridized carbons (Fsp3) is 0.0556. The minimum absolute atomic E-state index is 0.0155. The number of ether oxygens (including phenoxy) is 1. The first kappa shape index (κ1) is 12.7. The van der Waals surface area contributed by atoms with E-state index in [0.717, 1.165) is 27.6 Å². The molecule has 22 heavy (non-hydrogen) atoms. The van der Waals surface area contributed by atoms with Crippen molar-refractivity contribution < 1.29 is 9.53 Å². The van der Waals surface area contributed by atoms with Crippen molar-refractivity contribution >= 4 is 27.6 Å². The number of nitrogens with one attached hydrogen (secondary N) is 2. The molecule has 4 nitrogen and oxygen atoms in total. The third-order valence-corrected chi connectivity index (χ3v) is 3.89. The van der Waals surface area contributed by atoms with Crippen molar-refractivity contribution in [3.8, 4) is 5.75 Å². The average Bonchev–Trinajstić information content (AvgIpc) is 3.18. The van der Waals surface area contributed by atoms with Gasteiger partial charge in [-0.05, 0) is 48.5 Å². The van der Waals surface area contributed by atoms with E-state index in [2.05, 4.69) is 9.97 Å². The second-order valence-corrected chi connectivity index (χ2v) is 5.25. The summed E-state index contributed by atoms with van der Waals surface area (Å²) in [5.41, 5.74) is 3.20. The Bertz CT molecular complexity index is 995. The van der Waals surface area contributed by atoms with E-state index in [0.29, 0.717) is 11.3 Å². The molecule has 0 bridgehead atoms. The van der Waals surface area contributed by atoms with Crippen molar-refractivity contribution in [2.45, 2.75) is 0 Å². The zero-order chi connectivity index (χ0) is 15.1. The van der Waals surface area contributed by atoms with Crippen LogP contribution >= 0.6 is 0 Å². The average molecular weight is 290 g/mol. The second kappa shape index (κ2) is 4.77. The van der Waals surface area contributed by atoms with Gasteiger partial charge in [0.2, 0.25) is 5.78 Å². The van der Waals surface area contributed by atoms with Gasteiger partial charge in [-0.2, -0.15) is 0 Å². The number of methoxy groups -OCH3 is 1. The van der Waals surface area contributed by atoms with E-state index in [1.54, 1.807) is 7.11 Å². The van der Waals surface area contributed by atoms with Gasteiger partial charge < -0.3 is 14.7 Å². The smallest absolute Gasteiger partial charge is 0.209 e. The number of ketones is 1. The number of rotatable bonds is 3. The van der Waals surface area contributed by atoms with Crippen LogP contribution in [0.2, 0.25) is 0 Å². The van der Waals surface area contributed by atoms with Gasteiger partial charge in [0.1, 0.15) is 5.75 Å². The minimum Gasteiger partial charge on any atom is -0.497 e. The monoisotopic (exact) mass is 290 g/mol. The summed E-state index contributed by atoms with van der Waals surface area (Å²) in [4.78, 5) is 19.0. The maximum Gasteiger partial charge on any atom is 0.209 e. The third-order valence-electron chi connectivity index (χ3n) is 3.89. The van der Waals surface area contributed by atoms with Crippen LogP contribution in [0.25, 0.3) is 21.8 Å². The molecule has 0 radical (unpaired) electrons. The second-order valence-electron chi connectivity index (χ2n) is 5.25. The third kappa shape index (κ3) is 1.97. The Balaban J connectivity index is 1.77. The van der Waals surface area contributed by atoms with Gasteiger partial charge in [-0.25, -0.2) is 0 Å². The molecule has 0 atom stereocenters. The molecule has 0 amide bonds. The van der Waals surface area contributed by atoms with Gasteiger partial charge in [-0.15, -0.1) is 0 Å². The molecule has 0 aliphatic heterocycles. The molecule has 0 fully saturated rings. The van der Waals surface area contributed by atoms with Crippen LogP contribution in [0.5, 0.6) is 5.75 Å². The summed E-state index contributed by atoms with van der Waals surface area (Å²) in [5, 5.41) is 1.99. The number of H-pyrrole nitrogens is 2. The van der Waals surface area contributed by atoms with Gasteiger partial charge in [0, 0.05) is 33.6 Å². The Kier molecular flexibility index (Phi) is 2.76. The molecule has 0 aliphatic carbocycles. The topological polar surface area (TPSA) is 57.9 Å². The molecule has 4 heteroatoms. The van der Waals surface area contributed by atoms with E-state index in [1.165, 1.54) is 0 Å². The number of benzene rings is 2. The van der Waals surface area contributed by atoms with Crippen LogP contribution in [0, 0.1) is 0 Å². The lowest BCUT2D eigenvalue weighted by molar-refractivity contribution is 0.103. The van der Waals surface area contributed by atoms with Gasteiger partial charge in [0.25, 0.3) is 0 Å². The number of aromatic nitrogens is 2. The summed E-state index contributed by atoms with van der Waals surface area (Å²) in [5.74, 6) is 0.762. The molecule has 2 aromatic heterocycles. The number of carbonyl (C=O) groups excluding carboxylic acids is 1. The van der Waals surface area contributed by atoms with E-state index < -0.39 is 0 Å². The highest BCUT2D eigenvalue weighted by Crippen LogP contribution is 2.23. The van der Waals surface area contributed by atoms with Crippen LogP contribution < -0.4 is 4.74 Å². The molecule has 2 heterocycles. The number of carbonyl (C=O) groups is 1. The predicted molar refractivity (Wildman–Crippen MR) is 86.6 cm³/mol. The van der Waals surface area contributed by atoms with E-state index in [4.69, 9.17) is 4.74 Å². The van der Waals surface area contributed by atoms with E-state index in [-0.39, 0.29) is 5.78 Å². The molecule has 0 unspecified atom stereocenters. The fourth-order valence-corrected chi connectivity index (χ4v) is 2.71. The Labute approximate surface area is 126 Å². The van der Waals surface area contributed by atoms with E-state index in [9.17, 15) is 4.79 Å². The van der Waals surface area contributed by atoms with Crippen LogP contribution in [0.15, 0.2) is 54.7 Å². The molecular weight excluding hydrogens is 276 g/mol. The van der Waals surface area contributed by atoms with Crippen molar-refractivity contribution in [1.29, 1.82) is 0 Å². The van der Waals surface area contributed by atoms with Gasteiger partial charge in [-0.1, -0.05) is 0 Å². The summed E-state index contributed by atoms with van der Waals surface area (Å²) >= 11 is 0. The van der Waals surface area contributed by atoms with E-state index >= 15 is 0 Å². The largest absolute Gasteiger partial charge is 0.497 e. The lowest BCUT2D eigenvalue weighted by Gasteiger charge is -1.99. The molecule has 0 saturated carbocycles. The summed E-state index contributed by atoms with van der Waals surface area (Å²) in [6.07, 6.45) is 1.87. The minimum atomic E-state index is -0.0155. The Morgan fingerprint density at radius 1 is 0.955 bits per heavy atom. The summed E-state index contributed by atoms with van der Waals surface area (Å²) in [6.45, 7) is 0. The van der Waals surface area contributed by atoms with Crippen molar-refractivity contribution in [3.05, 3.63) is 66.0 Å². The number of hydrogen-bond acceptors (Lipinski definition) is 2. The first-order valence-electron chi connectivity index (χ1n) is 7.03. The number of aromatic amines is 2. The number of hydrogen-bond donors (Lipinski definition) is 2. The SMILES string of the molecule is COc1ccc2[nH]c(C(=O)c3ccc4[nH]ccc4c3)cc2c1. The van der Waals surface area contributed by atoms with Gasteiger partial charge in [0.15, 0.2) is 0 Å². The predicted octanol–water partition coefficient (Wildman–Crippen LogP) is 3.89. The molecular formula is C18H14N2O2. The molecule has 4 rings (SSSR count). The van der Waals surface area contributed by atoms with Crippen molar-refractivity contribution in [2.24, 2.45) is 0 Å². The van der Waals surface area contributed by atoms with Crippen molar-refractivity contribution in [1.82, 2.24) is 9.97 Å². The molecule has 0 aliphatic rings. The summed E-state index contributed by atoms with van der Waals surface area (Å²) < 4.78 is 5.21. The highest BCUT2D eigenvalue weighted by molar-refractivity contribution is 6.11. The lowest BCUT2D eigenvalue weighted by Crippen LogP contribution is -2.01. The highest BCUT2D eigenvalue weighted by Gasteiger charge is 2.13. The molecule has 2 aromatic carbocycles. The van der Waals surface area contributed by atoms with Crippen LogP contribution in [-0.4, -0.2) is 22.9 Å². The maximum absolute atomic E-state index is 12.7. The van der Waals surface area contributed by atoms with Crippen LogP contribution in [0.1, 0.15) is 16.1 Å². The zero-order valence-corrected chi connectivity index (χ0v) is 12.0. The zero-order valence-electron chi connectivity index (χ0n) is 12.0. The summed E-state index contributed by atoms with van der Waals surface area (Å²) in [7, 11) is 1.63. The molecule has 0 spiro atoms. The molecule has 0 saturated heterocycles. The Morgan fingerprint density at radius 3 is 2.68 bits per heavy atom. The van der Waals surface area contributed by atoms with Gasteiger partial charge >= 0.3 is 0 Å². The molecule has 2 N–H and O–H groups in total. The van der Waals surface area contributed by atoms with Crippen molar-refractivity contribution in [3.63, 3.8) is 0 Å². The highest BCUT2D eigenvalue weighted by atomic mass is 16.5. The maximum atomic E-state index is 12.7. The Hall–Kier alpha value is -3.01. The lowest BCUT2D eigenvalue weighted by atomic mass is 10.1. The van der Waals surface area contributed by atoms with Crippen LogP contribution in [0.4, 0.5) is 0 Å². The molecule has 4 aromatic rings. The quantitative estimate of drug-likeness (QED) is 0.562. The van der Waals surface area contributed by atoms with Gasteiger partial charge in [0.05, 0.1) is 12.8 Å². The normalized spacial score (nSPS) is 11.1. The first-order chi connectivity index (χ1) is 10.7. The fourth-order valence-electron chi connectivity index (χ4n) is 2.71. The number of fused-ring (bicyclic) bond motifs is 2. The van der Waals surface area contributed by atoms with E-state index in [1.807, 2.05) is 54.7 Å². The van der Waals surface area contributed by atoms with Gasteiger partial charge in [-0.3, -0.25) is 4.79 Å². The van der Waals surface area contributed by atoms with Crippen LogP contribution in [-0.2, 0) is 0 Å². The van der Waals surface area contributed by atoms with Crippen molar-refractivity contribution in [2.75, 3.05) is 7.11 Å². The Morgan fingerprint density at radius 2 is 1.82 bits per heavy atom. The first-order valence-corrected chi connectivity index (χ1v) is 7.03. The summed E-state index contributed by atoms with van der Waals surface area (Å²) in [6, 6.07) is 15.2. The van der Waals surface area contributed by atoms with Crippen LogP contribution in [0.3, 0.4) is 0 Å².